The molecule has 78 valence electrons. The van der Waals surface area contributed by atoms with E-state index in [0.717, 1.165) is 16.8 Å². The number of hydrogen-bond acceptors (Lipinski definition) is 5. The van der Waals surface area contributed by atoms with Crippen LogP contribution in [-0.4, -0.2) is 21.7 Å². The summed E-state index contributed by atoms with van der Waals surface area (Å²) < 4.78 is 5.82. The molecule has 0 bridgehead atoms. The SMILES string of the molecule is Brc1ccc(NCCc2ncno2)nc1. The van der Waals surface area contributed by atoms with Crippen molar-refractivity contribution in [2.45, 2.75) is 6.42 Å². The highest BCUT2D eigenvalue weighted by atomic mass is 79.9. The average molecular weight is 269 g/mol. The normalized spacial score (nSPS) is 10.2. The number of pyridine rings is 1. The number of hydrogen-bond donors (Lipinski definition) is 1. The number of anilines is 1. The Morgan fingerprint density at radius 1 is 1.33 bits per heavy atom. The van der Waals surface area contributed by atoms with E-state index in [-0.39, 0.29) is 0 Å². The molecule has 0 fully saturated rings. The van der Waals surface area contributed by atoms with E-state index in [9.17, 15) is 0 Å². The van der Waals surface area contributed by atoms with Crippen molar-refractivity contribution in [2.75, 3.05) is 11.9 Å². The van der Waals surface area contributed by atoms with Crippen LogP contribution in [0.5, 0.6) is 0 Å². The Hall–Kier alpha value is -1.43. The van der Waals surface area contributed by atoms with Gasteiger partial charge >= 0.3 is 0 Å². The lowest BCUT2D eigenvalue weighted by Gasteiger charge is -2.02. The smallest absolute Gasteiger partial charge is 0.228 e. The fourth-order valence-electron chi connectivity index (χ4n) is 1.08. The van der Waals surface area contributed by atoms with E-state index in [1.54, 1.807) is 6.20 Å². The summed E-state index contributed by atoms with van der Waals surface area (Å²) in [6, 6.07) is 3.83. The molecular formula is C9H9BrN4O. The predicted octanol–water partition coefficient (Wildman–Crippen LogP) is 1.88. The Bertz CT molecular complexity index is 401. The summed E-state index contributed by atoms with van der Waals surface area (Å²) in [4.78, 5) is 8.09. The number of aromatic nitrogens is 3. The van der Waals surface area contributed by atoms with Gasteiger partial charge in [0.2, 0.25) is 5.89 Å². The monoisotopic (exact) mass is 268 g/mol. The third-order valence-electron chi connectivity index (χ3n) is 1.78. The number of nitrogens with one attached hydrogen (secondary N) is 1. The maximum atomic E-state index is 4.86. The number of halogens is 1. The second-order valence-electron chi connectivity index (χ2n) is 2.87. The van der Waals surface area contributed by atoms with Crippen LogP contribution < -0.4 is 5.32 Å². The summed E-state index contributed by atoms with van der Waals surface area (Å²) in [5, 5.41) is 6.67. The minimum atomic E-state index is 0.625. The van der Waals surface area contributed by atoms with Crippen LogP contribution in [0.25, 0.3) is 0 Å². The Morgan fingerprint density at radius 2 is 2.27 bits per heavy atom. The molecule has 0 spiro atoms. The van der Waals surface area contributed by atoms with Gasteiger partial charge in [-0.1, -0.05) is 5.16 Å². The van der Waals surface area contributed by atoms with Crippen molar-refractivity contribution in [3.63, 3.8) is 0 Å². The molecule has 2 aromatic heterocycles. The van der Waals surface area contributed by atoms with Crippen LogP contribution in [0.3, 0.4) is 0 Å². The molecule has 0 unspecified atom stereocenters. The molecule has 0 aromatic carbocycles. The van der Waals surface area contributed by atoms with E-state index in [1.165, 1.54) is 6.33 Å². The molecule has 2 heterocycles. The van der Waals surface area contributed by atoms with Gasteiger partial charge in [0.05, 0.1) is 0 Å². The highest BCUT2D eigenvalue weighted by molar-refractivity contribution is 9.10. The fraction of sp³-hybridized carbons (Fsp3) is 0.222. The Labute approximate surface area is 95.0 Å². The van der Waals surface area contributed by atoms with E-state index in [4.69, 9.17) is 4.52 Å². The first-order valence-electron chi connectivity index (χ1n) is 4.45. The zero-order valence-corrected chi connectivity index (χ0v) is 9.44. The molecule has 0 atom stereocenters. The highest BCUT2D eigenvalue weighted by Gasteiger charge is 1.98. The largest absolute Gasteiger partial charge is 0.370 e. The summed E-state index contributed by atoms with van der Waals surface area (Å²) in [5.74, 6) is 1.46. The molecule has 2 aromatic rings. The molecule has 1 N–H and O–H groups in total. The van der Waals surface area contributed by atoms with Crippen LogP contribution in [0.4, 0.5) is 5.82 Å². The summed E-state index contributed by atoms with van der Waals surface area (Å²) in [7, 11) is 0. The zero-order valence-electron chi connectivity index (χ0n) is 7.85. The third kappa shape index (κ3) is 3.02. The molecule has 0 saturated heterocycles. The second-order valence-corrected chi connectivity index (χ2v) is 3.79. The standard InChI is InChI=1S/C9H9BrN4O/c10-7-1-2-8(12-5-7)11-4-3-9-13-6-14-15-9/h1-2,5-6H,3-4H2,(H,11,12). The van der Waals surface area contributed by atoms with Crippen LogP contribution in [0.15, 0.2) is 33.7 Å². The van der Waals surface area contributed by atoms with Gasteiger partial charge in [-0.3, -0.25) is 0 Å². The summed E-state index contributed by atoms with van der Waals surface area (Å²) in [6.07, 6.45) is 3.83. The van der Waals surface area contributed by atoms with Gasteiger partial charge in [0, 0.05) is 23.6 Å². The minimum absolute atomic E-state index is 0.625. The summed E-state index contributed by atoms with van der Waals surface area (Å²) >= 11 is 3.32. The van der Waals surface area contributed by atoms with Crippen LogP contribution >= 0.6 is 15.9 Å². The minimum Gasteiger partial charge on any atom is -0.370 e. The van der Waals surface area contributed by atoms with Gasteiger partial charge in [0.25, 0.3) is 0 Å². The lowest BCUT2D eigenvalue weighted by Crippen LogP contribution is -2.06. The molecule has 0 saturated carbocycles. The van der Waals surface area contributed by atoms with Gasteiger partial charge in [0.15, 0.2) is 6.33 Å². The molecular weight excluding hydrogens is 260 g/mol. The van der Waals surface area contributed by atoms with Crippen molar-refractivity contribution >= 4 is 21.7 Å². The van der Waals surface area contributed by atoms with Crippen molar-refractivity contribution in [2.24, 2.45) is 0 Å². The molecule has 15 heavy (non-hydrogen) atoms. The van der Waals surface area contributed by atoms with Crippen molar-refractivity contribution in [3.8, 4) is 0 Å². The molecule has 0 aliphatic rings. The molecule has 0 amide bonds. The summed E-state index contributed by atoms with van der Waals surface area (Å²) in [6.45, 7) is 0.719. The Kier molecular flexibility index (Phi) is 3.29. The number of rotatable bonds is 4. The lowest BCUT2D eigenvalue weighted by atomic mass is 10.4. The molecule has 0 radical (unpaired) electrons. The van der Waals surface area contributed by atoms with Crippen molar-refractivity contribution in [3.05, 3.63) is 35.0 Å². The first-order chi connectivity index (χ1) is 7.34. The van der Waals surface area contributed by atoms with E-state index in [0.29, 0.717) is 12.3 Å². The van der Waals surface area contributed by atoms with Crippen LogP contribution in [0.2, 0.25) is 0 Å². The third-order valence-corrected chi connectivity index (χ3v) is 2.25. The van der Waals surface area contributed by atoms with Crippen LogP contribution in [-0.2, 0) is 6.42 Å². The van der Waals surface area contributed by atoms with Gasteiger partial charge in [-0.25, -0.2) is 4.98 Å². The average Bonchev–Trinajstić information content (AvgIpc) is 2.74. The van der Waals surface area contributed by atoms with Gasteiger partial charge in [-0.15, -0.1) is 0 Å². The van der Waals surface area contributed by atoms with Gasteiger partial charge in [-0.2, -0.15) is 4.98 Å². The second kappa shape index (κ2) is 4.88. The maximum Gasteiger partial charge on any atom is 0.228 e. The topological polar surface area (TPSA) is 63.8 Å². The zero-order chi connectivity index (χ0) is 10.5. The maximum absolute atomic E-state index is 4.86. The molecule has 2 rings (SSSR count). The van der Waals surface area contributed by atoms with Crippen molar-refractivity contribution in [1.82, 2.24) is 15.1 Å². The number of nitrogens with zero attached hydrogens (tertiary/aromatic N) is 3. The van der Waals surface area contributed by atoms with E-state index in [2.05, 4.69) is 36.4 Å². The fourth-order valence-corrected chi connectivity index (χ4v) is 1.32. The lowest BCUT2D eigenvalue weighted by molar-refractivity contribution is 0.379. The van der Waals surface area contributed by atoms with Gasteiger partial charge in [-0.05, 0) is 28.1 Å². The van der Waals surface area contributed by atoms with Gasteiger partial charge in [0.1, 0.15) is 5.82 Å². The molecule has 0 aliphatic carbocycles. The highest BCUT2D eigenvalue weighted by Crippen LogP contribution is 2.10. The molecule has 5 nitrogen and oxygen atoms in total. The molecule has 6 heteroatoms. The first-order valence-corrected chi connectivity index (χ1v) is 5.25. The summed E-state index contributed by atoms with van der Waals surface area (Å²) in [5.41, 5.74) is 0. The van der Waals surface area contributed by atoms with Crippen LogP contribution in [0.1, 0.15) is 5.89 Å². The molecule has 0 aliphatic heterocycles. The first kappa shape index (κ1) is 10.1. The van der Waals surface area contributed by atoms with Crippen LogP contribution in [0, 0.1) is 0 Å². The van der Waals surface area contributed by atoms with Crippen molar-refractivity contribution in [1.29, 1.82) is 0 Å². The van der Waals surface area contributed by atoms with Gasteiger partial charge < -0.3 is 9.84 Å². The van der Waals surface area contributed by atoms with E-state index < -0.39 is 0 Å². The van der Waals surface area contributed by atoms with E-state index in [1.807, 2.05) is 12.1 Å². The predicted molar refractivity (Wildman–Crippen MR) is 58.4 cm³/mol. The Balaban J connectivity index is 1.81. The van der Waals surface area contributed by atoms with Crippen molar-refractivity contribution < 1.29 is 4.52 Å². The quantitative estimate of drug-likeness (QED) is 0.918. The van der Waals surface area contributed by atoms with E-state index >= 15 is 0 Å². The Morgan fingerprint density at radius 3 is 2.93 bits per heavy atom.